The zero-order valence-electron chi connectivity index (χ0n) is 11.4. The number of carbonyl (C=O) groups is 2. The molecule has 1 aliphatic heterocycles. The molecule has 0 radical (unpaired) electrons. The molecule has 0 aromatic heterocycles. The Labute approximate surface area is 118 Å². The molecule has 1 aliphatic rings. The summed E-state index contributed by atoms with van der Waals surface area (Å²) >= 11 is 0. The standard InChI is InChI=1S/C15H20N2O3/c16-14(19)12-3-5-13(6-4-12)15(20)17-8-1-2-11(10-17)7-9-18/h3-6,11,18H,1-2,7-10H2,(H2,16,19). The van der Waals surface area contributed by atoms with Crippen LogP contribution in [0.1, 0.15) is 40.0 Å². The maximum atomic E-state index is 12.4. The summed E-state index contributed by atoms with van der Waals surface area (Å²) in [5.41, 5.74) is 6.15. The fourth-order valence-corrected chi connectivity index (χ4v) is 2.63. The molecular weight excluding hydrogens is 256 g/mol. The number of benzene rings is 1. The van der Waals surface area contributed by atoms with Crippen molar-refractivity contribution in [3.63, 3.8) is 0 Å². The monoisotopic (exact) mass is 276 g/mol. The summed E-state index contributed by atoms with van der Waals surface area (Å²) in [6, 6.07) is 6.42. The molecule has 1 aromatic rings. The molecule has 0 spiro atoms. The van der Waals surface area contributed by atoms with E-state index in [0.29, 0.717) is 23.6 Å². The largest absolute Gasteiger partial charge is 0.396 e. The predicted molar refractivity (Wildman–Crippen MR) is 75.3 cm³/mol. The Bertz CT molecular complexity index is 482. The Hall–Kier alpha value is -1.88. The van der Waals surface area contributed by atoms with E-state index < -0.39 is 5.91 Å². The number of carbonyl (C=O) groups excluding carboxylic acids is 2. The zero-order chi connectivity index (χ0) is 14.5. The van der Waals surface area contributed by atoms with Crippen LogP contribution >= 0.6 is 0 Å². The van der Waals surface area contributed by atoms with Crippen LogP contribution in [0.15, 0.2) is 24.3 Å². The molecule has 108 valence electrons. The van der Waals surface area contributed by atoms with E-state index in [4.69, 9.17) is 10.8 Å². The third kappa shape index (κ3) is 3.36. The summed E-state index contributed by atoms with van der Waals surface area (Å²) in [4.78, 5) is 25.2. The number of primary amides is 1. The molecule has 5 heteroatoms. The number of likely N-dealkylation sites (tertiary alicyclic amines) is 1. The van der Waals surface area contributed by atoms with E-state index >= 15 is 0 Å². The molecule has 1 saturated heterocycles. The van der Waals surface area contributed by atoms with Crippen LogP contribution in [0.3, 0.4) is 0 Å². The van der Waals surface area contributed by atoms with E-state index in [1.807, 2.05) is 4.90 Å². The summed E-state index contributed by atoms with van der Waals surface area (Å²) in [5.74, 6) is -0.142. The maximum Gasteiger partial charge on any atom is 0.253 e. The van der Waals surface area contributed by atoms with Crippen LogP contribution in [-0.4, -0.2) is 41.5 Å². The second kappa shape index (κ2) is 6.52. The lowest BCUT2D eigenvalue weighted by Crippen LogP contribution is -2.40. The van der Waals surface area contributed by atoms with Gasteiger partial charge in [-0.3, -0.25) is 9.59 Å². The summed E-state index contributed by atoms with van der Waals surface area (Å²) in [7, 11) is 0. The molecule has 1 heterocycles. The lowest BCUT2D eigenvalue weighted by atomic mass is 9.94. The SMILES string of the molecule is NC(=O)c1ccc(C(=O)N2CCCC(CCO)C2)cc1. The number of rotatable bonds is 4. The summed E-state index contributed by atoms with van der Waals surface area (Å²) in [6.07, 6.45) is 2.77. The van der Waals surface area contributed by atoms with E-state index in [1.165, 1.54) is 0 Å². The van der Waals surface area contributed by atoms with Crippen LogP contribution in [-0.2, 0) is 0 Å². The van der Waals surface area contributed by atoms with Crippen molar-refractivity contribution >= 4 is 11.8 Å². The number of nitrogens with zero attached hydrogens (tertiary/aromatic N) is 1. The Kier molecular flexibility index (Phi) is 4.74. The van der Waals surface area contributed by atoms with Crippen molar-refractivity contribution in [1.82, 2.24) is 4.90 Å². The molecule has 1 fully saturated rings. The van der Waals surface area contributed by atoms with E-state index in [0.717, 1.165) is 25.8 Å². The topological polar surface area (TPSA) is 83.6 Å². The molecule has 20 heavy (non-hydrogen) atoms. The number of hydrogen-bond acceptors (Lipinski definition) is 3. The quantitative estimate of drug-likeness (QED) is 0.861. The van der Waals surface area contributed by atoms with Crippen molar-refractivity contribution in [3.8, 4) is 0 Å². The van der Waals surface area contributed by atoms with Crippen molar-refractivity contribution in [2.24, 2.45) is 11.7 Å². The van der Waals surface area contributed by atoms with Gasteiger partial charge in [0.15, 0.2) is 0 Å². The van der Waals surface area contributed by atoms with Gasteiger partial charge in [-0.2, -0.15) is 0 Å². The zero-order valence-corrected chi connectivity index (χ0v) is 11.4. The maximum absolute atomic E-state index is 12.4. The minimum Gasteiger partial charge on any atom is -0.396 e. The van der Waals surface area contributed by atoms with Gasteiger partial charge in [0, 0.05) is 30.8 Å². The van der Waals surface area contributed by atoms with Gasteiger partial charge in [0.25, 0.3) is 5.91 Å². The number of amides is 2. The van der Waals surface area contributed by atoms with Crippen LogP contribution in [0.4, 0.5) is 0 Å². The first-order valence-electron chi connectivity index (χ1n) is 6.92. The Morgan fingerprint density at radius 1 is 1.25 bits per heavy atom. The lowest BCUT2D eigenvalue weighted by Gasteiger charge is -2.32. The third-order valence-corrected chi connectivity index (χ3v) is 3.76. The highest BCUT2D eigenvalue weighted by molar-refractivity contribution is 5.97. The molecule has 2 rings (SSSR count). The van der Waals surface area contributed by atoms with Crippen molar-refractivity contribution in [1.29, 1.82) is 0 Å². The van der Waals surface area contributed by atoms with Crippen LogP contribution < -0.4 is 5.73 Å². The highest BCUT2D eigenvalue weighted by Gasteiger charge is 2.24. The first-order valence-corrected chi connectivity index (χ1v) is 6.92. The third-order valence-electron chi connectivity index (χ3n) is 3.76. The highest BCUT2D eigenvalue weighted by atomic mass is 16.3. The number of piperidine rings is 1. The van der Waals surface area contributed by atoms with Gasteiger partial charge in [0.2, 0.25) is 5.91 Å². The number of hydrogen-bond donors (Lipinski definition) is 2. The predicted octanol–water partition coefficient (Wildman–Crippen LogP) is 1.02. The second-order valence-electron chi connectivity index (χ2n) is 5.21. The Morgan fingerprint density at radius 3 is 2.50 bits per heavy atom. The second-order valence-corrected chi connectivity index (χ2v) is 5.21. The highest BCUT2D eigenvalue weighted by Crippen LogP contribution is 2.21. The van der Waals surface area contributed by atoms with Gasteiger partial charge in [-0.15, -0.1) is 0 Å². The minimum atomic E-state index is -0.495. The van der Waals surface area contributed by atoms with Gasteiger partial charge in [-0.1, -0.05) is 0 Å². The summed E-state index contributed by atoms with van der Waals surface area (Å²) < 4.78 is 0. The van der Waals surface area contributed by atoms with Gasteiger partial charge in [0.05, 0.1) is 0 Å². The fourth-order valence-electron chi connectivity index (χ4n) is 2.63. The number of aliphatic hydroxyl groups excluding tert-OH is 1. The first kappa shape index (κ1) is 14.5. The van der Waals surface area contributed by atoms with Crippen LogP contribution in [0.25, 0.3) is 0 Å². The molecule has 2 amide bonds. The van der Waals surface area contributed by atoms with Crippen LogP contribution in [0.5, 0.6) is 0 Å². The van der Waals surface area contributed by atoms with Crippen LogP contribution in [0, 0.1) is 5.92 Å². The van der Waals surface area contributed by atoms with Crippen molar-refractivity contribution in [2.45, 2.75) is 19.3 Å². The molecule has 1 atom stereocenters. The van der Waals surface area contributed by atoms with Crippen molar-refractivity contribution in [2.75, 3.05) is 19.7 Å². The van der Waals surface area contributed by atoms with E-state index in [1.54, 1.807) is 24.3 Å². The Balaban J connectivity index is 2.04. The summed E-state index contributed by atoms with van der Waals surface area (Å²) in [5, 5.41) is 9.00. The Morgan fingerprint density at radius 2 is 1.90 bits per heavy atom. The number of aliphatic hydroxyl groups is 1. The molecule has 1 aromatic carbocycles. The summed E-state index contributed by atoms with van der Waals surface area (Å²) in [6.45, 7) is 1.61. The van der Waals surface area contributed by atoms with Gasteiger partial charge < -0.3 is 15.7 Å². The van der Waals surface area contributed by atoms with Gasteiger partial charge in [-0.05, 0) is 49.4 Å². The van der Waals surface area contributed by atoms with Gasteiger partial charge >= 0.3 is 0 Å². The minimum absolute atomic E-state index is 0.0244. The van der Waals surface area contributed by atoms with Gasteiger partial charge in [0.1, 0.15) is 0 Å². The first-order chi connectivity index (χ1) is 9.61. The molecule has 0 aliphatic carbocycles. The van der Waals surface area contributed by atoms with E-state index in [2.05, 4.69) is 0 Å². The molecular formula is C15H20N2O3. The van der Waals surface area contributed by atoms with E-state index in [9.17, 15) is 9.59 Å². The van der Waals surface area contributed by atoms with Crippen molar-refractivity contribution < 1.29 is 14.7 Å². The lowest BCUT2D eigenvalue weighted by molar-refractivity contribution is 0.0653. The molecule has 3 N–H and O–H groups in total. The average Bonchev–Trinajstić information content (AvgIpc) is 2.47. The normalized spacial score (nSPS) is 18.9. The fraction of sp³-hybridized carbons (Fsp3) is 0.467. The van der Waals surface area contributed by atoms with Gasteiger partial charge in [-0.25, -0.2) is 0 Å². The van der Waals surface area contributed by atoms with Crippen LogP contribution in [0.2, 0.25) is 0 Å². The van der Waals surface area contributed by atoms with Crippen molar-refractivity contribution in [3.05, 3.63) is 35.4 Å². The number of nitrogens with two attached hydrogens (primary N) is 1. The molecule has 1 unspecified atom stereocenters. The van der Waals surface area contributed by atoms with E-state index in [-0.39, 0.29) is 12.5 Å². The molecule has 0 bridgehead atoms. The molecule has 5 nitrogen and oxygen atoms in total. The molecule has 0 saturated carbocycles. The average molecular weight is 276 g/mol. The smallest absolute Gasteiger partial charge is 0.253 e.